The molecule has 0 radical (unpaired) electrons. The molecule has 2 aromatic rings. The van der Waals surface area contributed by atoms with Crippen LogP contribution in [-0.4, -0.2) is 60.2 Å². The molecule has 3 heterocycles. The molecule has 1 aliphatic rings. The molecular weight excluding hydrogens is 385 g/mol. The Kier molecular flexibility index (Phi) is 7.70. The third-order valence-corrected chi connectivity index (χ3v) is 5.17. The van der Waals surface area contributed by atoms with Crippen LogP contribution < -0.4 is 10.6 Å². The Hall–Kier alpha value is -2.58. The van der Waals surface area contributed by atoms with Gasteiger partial charge in [0.1, 0.15) is 11.6 Å². The molecule has 0 saturated carbocycles. The minimum atomic E-state index is -0.360. The Morgan fingerprint density at radius 3 is 2.77 bits per heavy atom. The SMILES string of the molecule is COCC(C)NC(=O)CN1CCC(c2cc(Nc3ccc(F)cn3)cc(C)n2)CC1. The second-order valence-electron chi connectivity index (χ2n) is 7.88. The van der Waals surface area contributed by atoms with E-state index in [1.165, 1.54) is 12.3 Å². The number of nitrogens with zero attached hydrogens (tertiary/aromatic N) is 3. The highest BCUT2D eigenvalue weighted by molar-refractivity contribution is 5.78. The highest BCUT2D eigenvalue weighted by Gasteiger charge is 2.23. The number of rotatable bonds is 8. The Bertz CT molecular complexity index is 838. The zero-order valence-electron chi connectivity index (χ0n) is 17.8. The van der Waals surface area contributed by atoms with Crippen LogP contribution in [0.2, 0.25) is 0 Å². The lowest BCUT2D eigenvalue weighted by Gasteiger charge is -2.31. The summed E-state index contributed by atoms with van der Waals surface area (Å²) in [5.41, 5.74) is 2.86. The fraction of sp³-hybridized carbons (Fsp3) is 0.500. The number of carbonyl (C=O) groups excluding carboxylic acids is 1. The number of ether oxygens (including phenoxy) is 1. The number of anilines is 2. The van der Waals surface area contributed by atoms with Crippen molar-refractivity contribution < 1.29 is 13.9 Å². The largest absolute Gasteiger partial charge is 0.383 e. The molecule has 0 aliphatic carbocycles. The van der Waals surface area contributed by atoms with E-state index in [1.807, 2.05) is 26.0 Å². The Morgan fingerprint density at radius 1 is 1.33 bits per heavy atom. The molecule has 1 fully saturated rings. The number of amides is 1. The average molecular weight is 416 g/mol. The molecule has 0 spiro atoms. The molecule has 30 heavy (non-hydrogen) atoms. The van der Waals surface area contributed by atoms with E-state index in [9.17, 15) is 9.18 Å². The number of methoxy groups -OCH3 is 1. The van der Waals surface area contributed by atoms with Gasteiger partial charge in [-0.3, -0.25) is 14.7 Å². The maximum atomic E-state index is 13.1. The molecule has 1 aliphatic heterocycles. The van der Waals surface area contributed by atoms with Crippen molar-refractivity contribution in [1.29, 1.82) is 0 Å². The van der Waals surface area contributed by atoms with Crippen LogP contribution in [-0.2, 0) is 9.53 Å². The summed E-state index contributed by atoms with van der Waals surface area (Å²) in [5.74, 6) is 0.612. The molecule has 1 atom stereocenters. The van der Waals surface area contributed by atoms with E-state index >= 15 is 0 Å². The molecule has 7 nitrogen and oxygen atoms in total. The number of piperidine rings is 1. The van der Waals surface area contributed by atoms with Crippen molar-refractivity contribution >= 4 is 17.4 Å². The van der Waals surface area contributed by atoms with Crippen LogP contribution in [0, 0.1) is 12.7 Å². The fourth-order valence-corrected chi connectivity index (χ4v) is 3.78. The average Bonchev–Trinajstić information content (AvgIpc) is 2.70. The van der Waals surface area contributed by atoms with Crippen molar-refractivity contribution in [3.05, 3.63) is 47.7 Å². The van der Waals surface area contributed by atoms with Crippen LogP contribution in [0.25, 0.3) is 0 Å². The summed E-state index contributed by atoms with van der Waals surface area (Å²) in [6, 6.07) is 7.00. The van der Waals surface area contributed by atoms with Gasteiger partial charge in [0, 0.05) is 36.1 Å². The standard InChI is InChI=1S/C22H30FN5O2/c1-15-10-19(27-21-5-4-18(23)12-24-21)11-20(25-15)17-6-8-28(9-7-17)13-22(29)26-16(2)14-30-3/h4-5,10-12,16-17H,6-9,13-14H2,1-3H3,(H,26,29)(H,24,25,27). The van der Waals surface area contributed by atoms with E-state index in [-0.39, 0.29) is 17.8 Å². The predicted octanol–water partition coefficient (Wildman–Crippen LogP) is 3.00. The number of nitrogens with one attached hydrogen (secondary N) is 2. The van der Waals surface area contributed by atoms with E-state index < -0.39 is 0 Å². The lowest BCUT2D eigenvalue weighted by Crippen LogP contribution is -2.44. The molecule has 1 saturated heterocycles. The summed E-state index contributed by atoms with van der Waals surface area (Å²) in [4.78, 5) is 23.1. The first-order valence-corrected chi connectivity index (χ1v) is 10.3. The molecule has 3 rings (SSSR count). The normalized spacial score (nSPS) is 16.3. The lowest BCUT2D eigenvalue weighted by molar-refractivity contribution is -0.123. The Balaban J connectivity index is 1.55. The Morgan fingerprint density at radius 2 is 2.10 bits per heavy atom. The second-order valence-corrected chi connectivity index (χ2v) is 7.88. The van der Waals surface area contributed by atoms with E-state index in [0.29, 0.717) is 24.9 Å². The summed E-state index contributed by atoms with van der Waals surface area (Å²) < 4.78 is 18.1. The van der Waals surface area contributed by atoms with Crippen molar-refractivity contribution in [2.45, 2.75) is 38.6 Å². The molecule has 2 aromatic heterocycles. The maximum absolute atomic E-state index is 13.1. The summed E-state index contributed by atoms with van der Waals surface area (Å²) >= 11 is 0. The number of halogens is 1. The van der Waals surface area contributed by atoms with Crippen LogP contribution in [0.15, 0.2) is 30.5 Å². The number of hydrogen-bond acceptors (Lipinski definition) is 6. The van der Waals surface area contributed by atoms with Crippen LogP contribution in [0.1, 0.15) is 37.1 Å². The summed E-state index contributed by atoms with van der Waals surface area (Å²) in [6.07, 6.45) is 3.09. The van der Waals surface area contributed by atoms with Gasteiger partial charge in [0.2, 0.25) is 5.91 Å². The van der Waals surface area contributed by atoms with Gasteiger partial charge in [0.15, 0.2) is 0 Å². The van der Waals surface area contributed by atoms with Gasteiger partial charge in [-0.05, 0) is 64.0 Å². The lowest BCUT2D eigenvalue weighted by atomic mass is 9.92. The predicted molar refractivity (Wildman–Crippen MR) is 114 cm³/mol. The van der Waals surface area contributed by atoms with Crippen LogP contribution in [0.3, 0.4) is 0 Å². The smallest absolute Gasteiger partial charge is 0.234 e. The molecule has 0 aromatic carbocycles. The van der Waals surface area contributed by atoms with Crippen molar-refractivity contribution in [3.8, 4) is 0 Å². The van der Waals surface area contributed by atoms with Crippen molar-refractivity contribution in [2.24, 2.45) is 0 Å². The molecule has 1 unspecified atom stereocenters. The van der Waals surface area contributed by atoms with E-state index in [4.69, 9.17) is 9.72 Å². The van der Waals surface area contributed by atoms with Crippen molar-refractivity contribution in [3.63, 3.8) is 0 Å². The quantitative estimate of drug-likeness (QED) is 0.690. The minimum Gasteiger partial charge on any atom is -0.383 e. The number of aryl methyl sites for hydroxylation is 1. The molecule has 1 amide bonds. The third kappa shape index (κ3) is 6.47. The highest BCUT2D eigenvalue weighted by Crippen LogP contribution is 2.29. The van der Waals surface area contributed by atoms with Gasteiger partial charge in [-0.15, -0.1) is 0 Å². The monoisotopic (exact) mass is 415 g/mol. The number of aromatic nitrogens is 2. The zero-order valence-corrected chi connectivity index (χ0v) is 17.8. The number of hydrogen-bond donors (Lipinski definition) is 2. The maximum Gasteiger partial charge on any atom is 0.234 e. The fourth-order valence-electron chi connectivity index (χ4n) is 3.78. The summed E-state index contributed by atoms with van der Waals surface area (Å²) in [5, 5.41) is 6.18. The van der Waals surface area contributed by atoms with Gasteiger partial charge in [0.05, 0.1) is 19.3 Å². The van der Waals surface area contributed by atoms with Crippen LogP contribution in [0.5, 0.6) is 0 Å². The van der Waals surface area contributed by atoms with E-state index in [0.717, 1.165) is 43.0 Å². The molecule has 8 heteroatoms. The van der Waals surface area contributed by atoms with Gasteiger partial charge in [-0.2, -0.15) is 0 Å². The number of pyridine rings is 2. The van der Waals surface area contributed by atoms with Gasteiger partial charge in [-0.1, -0.05) is 0 Å². The topological polar surface area (TPSA) is 79.4 Å². The molecule has 162 valence electrons. The van der Waals surface area contributed by atoms with Gasteiger partial charge < -0.3 is 15.4 Å². The van der Waals surface area contributed by atoms with E-state index in [1.54, 1.807) is 13.2 Å². The minimum absolute atomic E-state index is 0.0121. The first kappa shape index (κ1) is 22.1. The number of carbonyl (C=O) groups is 1. The second kappa shape index (κ2) is 10.4. The first-order valence-electron chi connectivity index (χ1n) is 10.3. The van der Waals surface area contributed by atoms with Gasteiger partial charge in [0.25, 0.3) is 0 Å². The van der Waals surface area contributed by atoms with Gasteiger partial charge >= 0.3 is 0 Å². The van der Waals surface area contributed by atoms with E-state index in [2.05, 4.69) is 20.5 Å². The molecular formula is C22H30FN5O2. The van der Waals surface area contributed by atoms with Crippen molar-refractivity contribution in [2.75, 3.05) is 38.7 Å². The molecule has 0 bridgehead atoms. The molecule has 2 N–H and O–H groups in total. The summed E-state index contributed by atoms with van der Waals surface area (Å²) in [7, 11) is 1.63. The number of likely N-dealkylation sites (tertiary alicyclic amines) is 1. The van der Waals surface area contributed by atoms with Crippen LogP contribution in [0.4, 0.5) is 15.9 Å². The zero-order chi connectivity index (χ0) is 21.5. The Labute approximate surface area is 177 Å². The highest BCUT2D eigenvalue weighted by atomic mass is 19.1. The van der Waals surface area contributed by atoms with Crippen molar-refractivity contribution in [1.82, 2.24) is 20.2 Å². The van der Waals surface area contributed by atoms with Crippen LogP contribution >= 0.6 is 0 Å². The summed E-state index contributed by atoms with van der Waals surface area (Å²) in [6.45, 7) is 6.53. The third-order valence-electron chi connectivity index (χ3n) is 5.17. The first-order chi connectivity index (χ1) is 14.4. The van der Waals surface area contributed by atoms with Gasteiger partial charge in [-0.25, -0.2) is 9.37 Å².